The molecule has 1 rings (SSSR count). The molecule has 0 aliphatic heterocycles. The van der Waals surface area contributed by atoms with Gasteiger partial charge < -0.3 is 9.26 Å². The number of benzene rings is 1. The highest BCUT2D eigenvalue weighted by Gasteiger charge is 2.36. The van der Waals surface area contributed by atoms with E-state index in [4.69, 9.17) is 9.26 Å². The van der Waals surface area contributed by atoms with E-state index in [-0.39, 0.29) is 18.2 Å². The van der Waals surface area contributed by atoms with Gasteiger partial charge in [-0.05, 0) is 25.0 Å². The summed E-state index contributed by atoms with van der Waals surface area (Å²) >= 11 is 0. The standard InChI is InChI=1S/C18H29O4P/c1-4-6-10-14-22-23(20,17-12-8-7-9-13-17)18(11-5-2)15-21-16(3)19/h7-9,12-13,18H,4-6,10-11,14-15H2,1-3H3. The molecule has 0 spiro atoms. The van der Waals surface area contributed by atoms with Crippen LogP contribution in [0.4, 0.5) is 0 Å². The van der Waals surface area contributed by atoms with E-state index < -0.39 is 7.37 Å². The van der Waals surface area contributed by atoms with Crippen molar-refractivity contribution in [1.29, 1.82) is 0 Å². The molecule has 2 atom stereocenters. The quantitative estimate of drug-likeness (QED) is 0.337. The van der Waals surface area contributed by atoms with Crippen molar-refractivity contribution in [3.05, 3.63) is 30.3 Å². The van der Waals surface area contributed by atoms with Crippen LogP contribution in [0.15, 0.2) is 30.3 Å². The van der Waals surface area contributed by atoms with Crippen LogP contribution < -0.4 is 5.30 Å². The summed E-state index contributed by atoms with van der Waals surface area (Å²) in [5.41, 5.74) is -0.291. The molecule has 23 heavy (non-hydrogen) atoms. The molecule has 4 nitrogen and oxygen atoms in total. The maximum Gasteiger partial charge on any atom is 0.302 e. The minimum atomic E-state index is -3.07. The van der Waals surface area contributed by atoms with E-state index in [9.17, 15) is 9.36 Å². The Hall–Kier alpha value is -1.12. The first-order chi connectivity index (χ1) is 11.0. The largest absolute Gasteiger partial charge is 0.465 e. The number of rotatable bonds is 11. The molecule has 0 aromatic heterocycles. The number of hydrogen-bond acceptors (Lipinski definition) is 4. The maximum atomic E-state index is 13.7. The molecule has 0 amide bonds. The summed E-state index contributed by atoms with van der Waals surface area (Å²) in [6.45, 7) is 6.15. The summed E-state index contributed by atoms with van der Waals surface area (Å²) in [5.74, 6) is -0.350. The molecule has 0 saturated carbocycles. The van der Waals surface area contributed by atoms with E-state index in [1.54, 1.807) is 0 Å². The minimum Gasteiger partial charge on any atom is -0.465 e. The summed E-state index contributed by atoms with van der Waals surface area (Å²) < 4.78 is 24.8. The molecule has 1 aromatic rings. The van der Waals surface area contributed by atoms with Crippen molar-refractivity contribution in [2.45, 2.75) is 58.5 Å². The van der Waals surface area contributed by atoms with E-state index in [1.807, 2.05) is 37.3 Å². The topological polar surface area (TPSA) is 52.6 Å². The highest BCUT2D eigenvalue weighted by molar-refractivity contribution is 7.67. The van der Waals surface area contributed by atoms with Crippen molar-refractivity contribution < 1.29 is 18.6 Å². The summed E-state index contributed by atoms with van der Waals surface area (Å²) in [7, 11) is -3.07. The van der Waals surface area contributed by atoms with Gasteiger partial charge in [0.25, 0.3) is 0 Å². The number of carbonyl (C=O) groups excluding carboxylic acids is 1. The molecule has 0 bridgehead atoms. The van der Waals surface area contributed by atoms with Crippen LogP contribution in [0.5, 0.6) is 0 Å². The first-order valence-corrected chi connectivity index (χ1v) is 10.2. The maximum absolute atomic E-state index is 13.7. The third kappa shape index (κ3) is 6.48. The molecule has 0 aliphatic carbocycles. The molecule has 0 heterocycles. The van der Waals surface area contributed by atoms with Gasteiger partial charge in [0.15, 0.2) is 0 Å². The monoisotopic (exact) mass is 340 g/mol. The van der Waals surface area contributed by atoms with Crippen molar-refractivity contribution in [3.63, 3.8) is 0 Å². The number of ether oxygens (including phenoxy) is 1. The van der Waals surface area contributed by atoms with Crippen LogP contribution >= 0.6 is 7.37 Å². The number of unbranched alkanes of at least 4 members (excludes halogenated alkanes) is 2. The average molecular weight is 340 g/mol. The van der Waals surface area contributed by atoms with Gasteiger partial charge in [-0.25, -0.2) is 0 Å². The lowest BCUT2D eigenvalue weighted by molar-refractivity contribution is -0.141. The first kappa shape index (κ1) is 19.9. The zero-order valence-corrected chi connectivity index (χ0v) is 15.4. The lowest BCUT2D eigenvalue weighted by Crippen LogP contribution is -2.25. The third-order valence-electron chi connectivity index (χ3n) is 3.73. The minimum absolute atomic E-state index is 0.142. The van der Waals surface area contributed by atoms with Crippen molar-refractivity contribution in [2.24, 2.45) is 0 Å². The second kappa shape index (κ2) is 10.6. The molecule has 2 unspecified atom stereocenters. The van der Waals surface area contributed by atoms with Crippen molar-refractivity contribution in [1.82, 2.24) is 0 Å². The van der Waals surface area contributed by atoms with Gasteiger partial charge in [-0.15, -0.1) is 0 Å². The Morgan fingerprint density at radius 2 is 1.83 bits per heavy atom. The highest BCUT2D eigenvalue weighted by Crippen LogP contribution is 2.52. The molecule has 5 heteroatoms. The smallest absolute Gasteiger partial charge is 0.302 e. The summed E-state index contributed by atoms with van der Waals surface area (Å²) in [6, 6.07) is 9.32. The lowest BCUT2D eigenvalue weighted by atomic mass is 10.2. The Morgan fingerprint density at radius 3 is 2.39 bits per heavy atom. The zero-order valence-electron chi connectivity index (χ0n) is 14.5. The third-order valence-corrected chi connectivity index (χ3v) is 6.68. The predicted octanol–water partition coefficient (Wildman–Crippen LogP) is 4.53. The Labute approximate surface area is 140 Å². The molecular weight excluding hydrogens is 311 g/mol. The predicted molar refractivity (Wildman–Crippen MR) is 94.5 cm³/mol. The van der Waals surface area contributed by atoms with E-state index in [1.165, 1.54) is 6.92 Å². The van der Waals surface area contributed by atoms with Crippen LogP contribution in [0.1, 0.15) is 52.9 Å². The van der Waals surface area contributed by atoms with E-state index in [2.05, 4.69) is 6.92 Å². The Kier molecular flexibility index (Phi) is 9.20. The Bertz CT molecular complexity index is 501. The van der Waals surface area contributed by atoms with Crippen molar-refractivity contribution in [2.75, 3.05) is 13.2 Å². The number of esters is 1. The molecule has 0 radical (unpaired) electrons. The van der Waals surface area contributed by atoms with Crippen LogP contribution in [-0.2, 0) is 18.6 Å². The van der Waals surface area contributed by atoms with Crippen LogP contribution in [0.2, 0.25) is 0 Å². The van der Waals surface area contributed by atoms with Gasteiger partial charge in [-0.1, -0.05) is 51.3 Å². The van der Waals surface area contributed by atoms with Gasteiger partial charge >= 0.3 is 5.97 Å². The molecule has 0 aliphatic rings. The second-order valence-corrected chi connectivity index (χ2v) is 8.42. The molecule has 0 fully saturated rings. The fourth-order valence-corrected chi connectivity index (χ4v) is 5.12. The SMILES string of the molecule is CCCCCOP(=O)(c1ccccc1)C(CCC)COC(C)=O. The van der Waals surface area contributed by atoms with Gasteiger partial charge in [0.1, 0.15) is 6.61 Å². The van der Waals surface area contributed by atoms with Gasteiger partial charge in [-0.3, -0.25) is 9.36 Å². The van der Waals surface area contributed by atoms with Gasteiger partial charge in [0.2, 0.25) is 7.37 Å². The number of hydrogen-bond donors (Lipinski definition) is 0. The fraction of sp³-hybridized carbons (Fsp3) is 0.611. The average Bonchev–Trinajstić information content (AvgIpc) is 2.56. The van der Waals surface area contributed by atoms with Crippen molar-refractivity contribution in [3.8, 4) is 0 Å². The van der Waals surface area contributed by atoms with E-state index >= 15 is 0 Å². The van der Waals surface area contributed by atoms with E-state index in [0.717, 1.165) is 25.7 Å². The molecular formula is C18H29O4P. The van der Waals surface area contributed by atoms with Gasteiger partial charge in [0.05, 0.1) is 12.3 Å². The van der Waals surface area contributed by atoms with Crippen LogP contribution in [0.25, 0.3) is 0 Å². The zero-order chi connectivity index (χ0) is 17.1. The van der Waals surface area contributed by atoms with Gasteiger partial charge in [-0.2, -0.15) is 0 Å². The molecule has 130 valence electrons. The van der Waals surface area contributed by atoms with E-state index in [0.29, 0.717) is 18.3 Å². The van der Waals surface area contributed by atoms with Crippen LogP contribution in [0.3, 0.4) is 0 Å². The van der Waals surface area contributed by atoms with Gasteiger partial charge in [0, 0.05) is 12.2 Å². The molecule has 0 N–H and O–H groups in total. The second-order valence-electron chi connectivity index (χ2n) is 5.72. The first-order valence-electron chi connectivity index (χ1n) is 8.47. The summed E-state index contributed by atoms with van der Waals surface area (Å²) in [6.07, 6.45) is 4.59. The van der Waals surface area contributed by atoms with Crippen LogP contribution in [-0.4, -0.2) is 24.8 Å². The summed E-state index contributed by atoms with van der Waals surface area (Å²) in [4.78, 5) is 11.2. The normalized spacial score (nSPS) is 14.9. The lowest BCUT2D eigenvalue weighted by Gasteiger charge is -2.27. The Balaban J connectivity index is 2.98. The highest BCUT2D eigenvalue weighted by atomic mass is 31.2. The number of carbonyl (C=O) groups is 1. The molecule has 0 saturated heterocycles. The fourth-order valence-electron chi connectivity index (χ4n) is 2.48. The van der Waals surface area contributed by atoms with Crippen LogP contribution in [0, 0.1) is 0 Å². The Morgan fingerprint density at radius 1 is 1.13 bits per heavy atom. The molecule has 1 aromatic carbocycles. The summed E-state index contributed by atoms with van der Waals surface area (Å²) in [5, 5.41) is 0.710. The van der Waals surface area contributed by atoms with Crippen molar-refractivity contribution >= 4 is 18.6 Å².